The minimum Gasteiger partial charge on any atom is -0.0945 e. The number of benzene rings is 1. The minimum absolute atomic E-state index is 0.247. The van der Waals surface area contributed by atoms with E-state index in [0.29, 0.717) is 17.7 Å². The molecule has 0 atom stereocenters. The van der Waals surface area contributed by atoms with Crippen molar-refractivity contribution in [3.8, 4) is 11.8 Å². The van der Waals surface area contributed by atoms with Crippen LogP contribution in [0.1, 0.15) is 70.3 Å². The fraction of sp³-hybridized carbons (Fsp3) is 0.600. The Hall–Kier alpha value is -1.22. The van der Waals surface area contributed by atoms with Crippen LogP contribution in [0.5, 0.6) is 0 Å². The standard InChI is InChI=1S/C20H27F5S/c1-2-3-4-5-6-17-7-9-18(10-8-17)11-12-19-13-15-20(16-14-19)26(21,22,23,24)25/h13-18H,2-10H2,1H3/t17-,18-. The molecule has 26 heavy (non-hydrogen) atoms. The summed E-state index contributed by atoms with van der Waals surface area (Å²) in [5.74, 6) is 6.96. The second-order valence-electron chi connectivity index (χ2n) is 7.33. The quantitative estimate of drug-likeness (QED) is 0.258. The third kappa shape index (κ3) is 6.83. The first-order valence-corrected chi connectivity index (χ1v) is 11.3. The van der Waals surface area contributed by atoms with Gasteiger partial charge in [-0.2, -0.15) is 0 Å². The first-order valence-electron chi connectivity index (χ1n) is 9.33. The third-order valence-electron chi connectivity index (χ3n) is 5.03. The van der Waals surface area contributed by atoms with E-state index in [1.165, 1.54) is 32.1 Å². The predicted octanol–water partition coefficient (Wildman–Crippen LogP) is 8.47. The highest BCUT2D eigenvalue weighted by atomic mass is 32.5. The van der Waals surface area contributed by atoms with Crippen molar-refractivity contribution >= 4 is 10.2 Å². The molecule has 1 aliphatic rings. The van der Waals surface area contributed by atoms with E-state index in [9.17, 15) is 19.4 Å². The summed E-state index contributed by atoms with van der Waals surface area (Å²) in [6, 6.07) is 2.91. The molecule has 0 radical (unpaired) electrons. The Morgan fingerprint density at radius 2 is 1.50 bits per heavy atom. The molecule has 0 aliphatic heterocycles. The van der Waals surface area contributed by atoms with Crippen molar-refractivity contribution in [1.82, 2.24) is 0 Å². The van der Waals surface area contributed by atoms with Crippen LogP contribution < -0.4 is 0 Å². The molecule has 0 amide bonds. The van der Waals surface area contributed by atoms with Crippen LogP contribution in [-0.4, -0.2) is 0 Å². The smallest absolute Gasteiger partial charge is 0.0945 e. The predicted molar refractivity (Wildman–Crippen MR) is 98.9 cm³/mol. The minimum atomic E-state index is -9.59. The van der Waals surface area contributed by atoms with Crippen LogP contribution in [0.2, 0.25) is 0 Å². The molecule has 1 saturated carbocycles. The molecule has 0 heterocycles. The first-order chi connectivity index (χ1) is 12.0. The lowest BCUT2D eigenvalue weighted by atomic mass is 9.80. The molecular weight excluding hydrogens is 367 g/mol. The summed E-state index contributed by atoms with van der Waals surface area (Å²) in [5.41, 5.74) is 0.345. The molecule has 0 spiro atoms. The summed E-state index contributed by atoms with van der Waals surface area (Å²) >= 11 is 0. The molecule has 0 nitrogen and oxygen atoms in total. The number of halogens is 5. The van der Waals surface area contributed by atoms with Crippen LogP contribution in [0.4, 0.5) is 19.4 Å². The number of unbranched alkanes of at least 4 members (excludes halogenated alkanes) is 3. The van der Waals surface area contributed by atoms with Crippen molar-refractivity contribution in [1.29, 1.82) is 0 Å². The fourth-order valence-electron chi connectivity index (χ4n) is 3.44. The summed E-state index contributed by atoms with van der Waals surface area (Å²) in [7, 11) is -9.59. The summed E-state index contributed by atoms with van der Waals surface area (Å²) in [6.45, 7) is 2.20. The van der Waals surface area contributed by atoms with Gasteiger partial charge in [-0.3, -0.25) is 0 Å². The molecule has 1 fully saturated rings. The van der Waals surface area contributed by atoms with Crippen molar-refractivity contribution in [3.63, 3.8) is 0 Å². The molecule has 1 aromatic carbocycles. The van der Waals surface area contributed by atoms with Gasteiger partial charge in [0.05, 0.1) is 0 Å². The highest BCUT2D eigenvalue weighted by molar-refractivity contribution is 8.45. The molecule has 0 aromatic heterocycles. The van der Waals surface area contributed by atoms with Crippen molar-refractivity contribution in [3.05, 3.63) is 29.8 Å². The van der Waals surface area contributed by atoms with Gasteiger partial charge in [0.15, 0.2) is 0 Å². The zero-order chi connectivity index (χ0) is 19.3. The Bertz CT molecular complexity index is 644. The van der Waals surface area contributed by atoms with Gasteiger partial charge in [-0.15, -0.1) is 0 Å². The number of hydrogen-bond donors (Lipinski definition) is 0. The maximum absolute atomic E-state index is 12.7. The zero-order valence-corrected chi connectivity index (χ0v) is 15.9. The molecule has 0 saturated heterocycles. The van der Waals surface area contributed by atoms with Gasteiger partial charge >= 0.3 is 10.2 Å². The number of hydrogen-bond acceptors (Lipinski definition) is 0. The van der Waals surface area contributed by atoms with Crippen LogP contribution in [0, 0.1) is 23.7 Å². The summed E-state index contributed by atoms with van der Waals surface area (Å²) in [6.07, 6.45) is 10.7. The Morgan fingerprint density at radius 3 is 2.04 bits per heavy atom. The van der Waals surface area contributed by atoms with Crippen LogP contribution in [0.3, 0.4) is 0 Å². The van der Waals surface area contributed by atoms with Crippen molar-refractivity contribution in [2.45, 2.75) is 69.6 Å². The molecule has 2 rings (SSSR count). The molecular formula is C20H27F5S. The molecule has 0 bridgehead atoms. The van der Waals surface area contributed by atoms with E-state index in [-0.39, 0.29) is 5.92 Å². The lowest BCUT2D eigenvalue weighted by Crippen LogP contribution is -2.13. The van der Waals surface area contributed by atoms with Crippen LogP contribution in [0.25, 0.3) is 0 Å². The van der Waals surface area contributed by atoms with Gasteiger partial charge in [0, 0.05) is 11.5 Å². The highest BCUT2D eigenvalue weighted by Gasteiger charge is 2.65. The molecule has 6 heteroatoms. The Morgan fingerprint density at radius 1 is 0.885 bits per heavy atom. The van der Waals surface area contributed by atoms with E-state index < -0.39 is 15.1 Å². The van der Waals surface area contributed by atoms with Crippen LogP contribution in [-0.2, 0) is 0 Å². The van der Waals surface area contributed by atoms with Crippen molar-refractivity contribution < 1.29 is 19.4 Å². The highest BCUT2D eigenvalue weighted by Crippen LogP contribution is 3.02. The van der Waals surface area contributed by atoms with Crippen LogP contribution in [0.15, 0.2) is 29.2 Å². The van der Waals surface area contributed by atoms with Gasteiger partial charge in [0.2, 0.25) is 0 Å². The topological polar surface area (TPSA) is 0 Å². The van der Waals surface area contributed by atoms with E-state index in [1.807, 2.05) is 0 Å². The summed E-state index contributed by atoms with van der Waals surface area (Å²) < 4.78 is 63.4. The van der Waals surface area contributed by atoms with Gasteiger partial charge in [-0.1, -0.05) is 70.3 Å². The zero-order valence-electron chi connectivity index (χ0n) is 15.1. The Labute approximate surface area is 153 Å². The largest absolute Gasteiger partial charge is 0.310 e. The van der Waals surface area contributed by atoms with Gasteiger partial charge < -0.3 is 0 Å². The first kappa shape index (κ1) is 21.1. The lowest BCUT2D eigenvalue weighted by Gasteiger charge is -2.40. The molecule has 0 unspecified atom stereocenters. The fourth-order valence-corrected chi connectivity index (χ4v) is 4.09. The maximum atomic E-state index is 12.7. The lowest BCUT2D eigenvalue weighted by molar-refractivity contribution is 0.294. The van der Waals surface area contributed by atoms with Gasteiger partial charge in [0.1, 0.15) is 4.90 Å². The Balaban J connectivity index is 1.86. The monoisotopic (exact) mass is 394 g/mol. The second-order valence-corrected chi connectivity index (χ2v) is 9.74. The summed E-state index contributed by atoms with van der Waals surface area (Å²) in [4.78, 5) is -1.86. The van der Waals surface area contributed by atoms with Gasteiger partial charge in [-0.25, -0.2) is 0 Å². The average Bonchev–Trinajstić information content (AvgIpc) is 2.56. The third-order valence-corrected chi connectivity index (χ3v) is 6.20. The molecule has 1 aliphatic carbocycles. The summed E-state index contributed by atoms with van der Waals surface area (Å²) in [5, 5.41) is 0. The van der Waals surface area contributed by atoms with Gasteiger partial charge in [-0.05, 0) is 55.9 Å². The SMILES string of the molecule is CCCCCC[C@H]1CC[C@H](C#Cc2ccc(S(F)(F)(F)(F)F)cc2)CC1. The molecule has 1 aromatic rings. The van der Waals surface area contributed by atoms with Gasteiger partial charge in [0.25, 0.3) is 0 Å². The van der Waals surface area contributed by atoms with Crippen molar-refractivity contribution in [2.24, 2.45) is 11.8 Å². The van der Waals surface area contributed by atoms with Crippen LogP contribution >= 0.6 is 10.2 Å². The molecule has 0 N–H and O–H groups in total. The number of rotatable bonds is 6. The Kier molecular flexibility index (Phi) is 6.02. The van der Waals surface area contributed by atoms with E-state index in [1.54, 1.807) is 0 Å². The second kappa shape index (κ2) is 7.42. The van der Waals surface area contributed by atoms with Crippen molar-refractivity contribution in [2.75, 3.05) is 0 Å². The van der Waals surface area contributed by atoms with E-state index in [4.69, 9.17) is 0 Å². The van der Waals surface area contributed by atoms with E-state index in [0.717, 1.165) is 43.7 Å². The maximum Gasteiger partial charge on any atom is 0.310 e. The van der Waals surface area contributed by atoms with E-state index >= 15 is 0 Å². The average molecular weight is 394 g/mol. The normalized spacial score (nSPS) is 23.5. The van der Waals surface area contributed by atoms with E-state index in [2.05, 4.69) is 18.8 Å². The molecule has 148 valence electrons.